The molecule has 7 nitrogen and oxygen atoms in total. The van der Waals surface area contributed by atoms with Crippen LogP contribution in [-0.4, -0.2) is 41.5 Å². The van der Waals surface area contributed by atoms with Crippen molar-refractivity contribution in [2.75, 3.05) is 7.11 Å². The average Bonchev–Trinajstić information content (AvgIpc) is 3.01. The number of hydrogen-bond donors (Lipinski definition) is 2. The van der Waals surface area contributed by atoms with E-state index in [0.717, 1.165) is 25.7 Å². The van der Waals surface area contributed by atoms with Crippen LogP contribution in [0, 0.1) is 17.8 Å². The third-order valence-electron chi connectivity index (χ3n) is 5.92. The van der Waals surface area contributed by atoms with Crippen molar-refractivity contribution in [1.29, 1.82) is 0 Å². The fourth-order valence-corrected chi connectivity index (χ4v) is 4.16. The Balaban J connectivity index is 2.65. The van der Waals surface area contributed by atoms with Gasteiger partial charge in [-0.25, -0.2) is 0 Å². The number of carbonyl (C=O) groups is 1. The number of methoxy groups -OCH3 is 1. The predicted molar refractivity (Wildman–Crippen MR) is 119 cm³/mol. The summed E-state index contributed by atoms with van der Waals surface area (Å²) in [6, 6.07) is -0.264. The second-order valence-electron chi connectivity index (χ2n) is 8.43. The average molecular weight is 422 g/mol. The number of nitrogens with zero attached hydrogens (tertiary/aromatic N) is 3. The zero-order chi connectivity index (χ0) is 22.4. The van der Waals surface area contributed by atoms with E-state index in [1.165, 1.54) is 13.5 Å². The van der Waals surface area contributed by atoms with Gasteiger partial charge in [-0.1, -0.05) is 62.5 Å². The lowest BCUT2D eigenvalue weighted by Gasteiger charge is -2.20. The molecule has 170 valence electrons. The smallest absolute Gasteiger partial charge is 0.305 e. The van der Waals surface area contributed by atoms with E-state index >= 15 is 0 Å². The highest BCUT2D eigenvalue weighted by Crippen LogP contribution is 2.38. The number of azide groups is 1. The molecule has 0 aromatic rings. The van der Waals surface area contributed by atoms with Crippen molar-refractivity contribution in [3.8, 4) is 0 Å². The van der Waals surface area contributed by atoms with Crippen molar-refractivity contribution in [2.45, 2.75) is 89.9 Å². The zero-order valence-corrected chi connectivity index (χ0v) is 18.7. The molecule has 0 aromatic carbocycles. The van der Waals surface area contributed by atoms with Gasteiger partial charge in [0, 0.05) is 23.3 Å². The second-order valence-corrected chi connectivity index (χ2v) is 8.43. The number of carbonyl (C=O) groups excluding carboxylic acids is 1. The number of hydrogen-bond acceptors (Lipinski definition) is 5. The molecule has 30 heavy (non-hydrogen) atoms. The van der Waals surface area contributed by atoms with Crippen LogP contribution in [0.1, 0.15) is 71.6 Å². The summed E-state index contributed by atoms with van der Waals surface area (Å²) < 4.78 is 4.63. The Hall–Kier alpha value is -1.82. The van der Waals surface area contributed by atoms with Crippen LogP contribution < -0.4 is 0 Å². The summed E-state index contributed by atoms with van der Waals surface area (Å²) in [5, 5.41) is 24.8. The lowest BCUT2D eigenvalue weighted by atomic mass is 9.88. The first-order chi connectivity index (χ1) is 14.4. The van der Waals surface area contributed by atoms with Crippen LogP contribution >= 0.6 is 0 Å². The molecule has 0 aliphatic heterocycles. The fraction of sp³-hybridized carbons (Fsp3) is 0.783. The van der Waals surface area contributed by atoms with E-state index in [1.807, 2.05) is 18.2 Å². The molecule has 0 unspecified atom stereocenters. The summed E-state index contributed by atoms with van der Waals surface area (Å²) >= 11 is 0. The molecule has 1 rings (SSSR count). The van der Waals surface area contributed by atoms with Crippen LogP contribution in [0.15, 0.2) is 29.4 Å². The molecule has 2 N–H and O–H groups in total. The molecule has 1 aliphatic rings. The normalized spacial score (nSPS) is 26.0. The van der Waals surface area contributed by atoms with Gasteiger partial charge < -0.3 is 14.9 Å². The van der Waals surface area contributed by atoms with E-state index in [4.69, 9.17) is 5.53 Å². The Morgan fingerprint density at radius 2 is 2.13 bits per heavy atom. The zero-order valence-electron chi connectivity index (χ0n) is 18.7. The Morgan fingerprint density at radius 3 is 2.80 bits per heavy atom. The Bertz CT molecular complexity index is 601. The van der Waals surface area contributed by atoms with Crippen molar-refractivity contribution in [3.05, 3.63) is 34.7 Å². The highest BCUT2D eigenvalue weighted by atomic mass is 16.5. The van der Waals surface area contributed by atoms with Crippen LogP contribution in [0.5, 0.6) is 0 Å². The fourth-order valence-electron chi connectivity index (χ4n) is 4.16. The van der Waals surface area contributed by atoms with E-state index in [9.17, 15) is 15.0 Å². The van der Waals surface area contributed by atoms with Crippen LogP contribution in [0.25, 0.3) is 10.4 Å². The molecule has 1 saturated carbocycles. The van der Waals surface area contributed by atoms with Crippen molar-refractivity contribution in [3.63, 3.8) is 0 Å². The molecular formula is C23H39N3O4. The summed E-state index contributed by atoms with van der Waals surface area (Å²) in [4.78, 5) is 14.1. The predicted octanol–water partition coefficient (Wildman–Crippen LogP) is 5.09. The summed E-state index contributed by atoms with van der Waals surface area (Å²) in [5.41, 5.74) is 8.88. The maximum absolute atomic E-state index is 11.1. The van der Waals surface area contributed by atoms with Gasteiger partial charge in [-0.3, -0.25) is 4.79 Å². The molecular weight excluding hydrogens is 382 g/mol. The third kappa shape index (κ3) is 9.79. The van der Waals surface area contributed by atoms with E-state index < -0.39 is 12.2 Å². The van der Waals surface area contributed by atoms with Crippen LogP contribution in [0.3, 0.4) is 0 Å². The van der Waals surface area contributed by atoms with Crippen LogP contribution in [-0.2, 0) is 9.53 Å². The number of aliphatic hydroxyl groups excluding tert-OH is 2. The molecule has 0 bridgehead atoms. The monoisotopic (exact) mass is 421 g/mol. The number of aliphatic hydroxyl groups is 2. The molecule has 0 saturated heterocycles. The third-order valence-corrected chi connectivity index (χ3v) is 5.92. The molecule has 7 heteroatoms. The van der Waals surface area contributed by atoms with Crippen molar-refractivity contribution in [1.82, 2.24) is 0 Å². The molecule has 0 heterocycles. The molecule has 0 radical (unpaired) electrons. The van der Waals surface area contributed by atoms with E-state index in [0.29, 0.717) is 31.6 Å². The van der Waals surface area contributed by atoms with Gasteiger partial charge in [0.2, 0.25) is 0 Å². The summed E-state index contributed by atoms with van der Waals surface area (Å²) in [6.45, 7) is 4.32. The van der Waals surface area contributed by atoms with Crippen molar-refractivity contribution in [2.24, 2.45) is 22.9 Å². The van der Waals surface area contributed by atoms with E-state index in [-0.39, 0.29) is 23.8 Å². The largest absolute Gasteiger partial charge is 0.469 e. The SMILES string of the molecule is CCCC[C@H](C)C[C@@H](O)C=C[C@@H]1[C@@H](CC=CCCCC(=O)OC)[C@@H](N=[N+]=[N-])C[C@H]1O. The number of esters is 1. The minimum atomic E-state index is -0.584. The molecule has 0 amide bonds. The quantitative estimate of drug-likeness (QED) is 0.101. The van der Waals surface area contributed by atoms with Gasteiger partial charge in [0.05, 0.1) is 19.3 Å². The summed E-state index contributed by atoms with van der Waals surface area (Å²) in [5.74, 6) is 0.0887. The molecule has 1 fully saturated rings. The van der Waals surface area contributed by atoms with E-state index in [2.05, 4.69) is 28.6 Å². The molecule has 6 atom stereocenters. The second kappa shape index (κ2) is 15.1. The lowest BCUT2D eigenvalue weighted by molar-refractivity contribution is -0.140. The maximum atomic E-state index is 11.1. The first kappa shape index (κ1) is 26.2. The minimum Gasteiger partial charge on any atom is -0.469 e. The van der Waals surface area contributed by atoms with Crippen LogP contribution in [0.2, 0.25) is 0 Å². The van der Waals surface area contributed by atoms with Gasteiger partial charge in [0.25, 0.3) is 0 Å². The molecule has 1 aliphatic carbocycles. The number of ether oxygens (including phenoxy) is 1. The molecule has 0 aromatic heterocycles. The van der Waals surface area contributed by atoms with Gasteiger partial charge >= 0.3 is 5.97 Å². The van der Waals surface area contributed by atoms with Crippen LogP contribution in [0.4, 0.5) is 0 Å². The lowest BCUT2D eigenvalue weighted by Crippen LogP contribution is -2.20. The number of allylic oxidation sites excluding steroid dienone is 2. The topological polar surface area (TPSA) is 116 Å². The van der Waals surface area contributed by atoms with E-state index in [1.54, 1.807) is 6.08 Å². The van der Waals surface area contributed by atoms with Gasteiger partial charge in [-0.2, -0.15) is 0 Å². The first-order valence-corrected chi connectivity index (χ1v) is 11.2. The Labute approximate surface area is 180 Å². The van der Waals surface area contributed by atoms with Crippen molar-refractivity contribution >= 4 is 5.97 Å². The number of unbranched alkanes of at least 4 members (excludes halogenated alkanes) is 2. The van der Waals surface area contributed by atoms with Crippen molar-refractivity contribution < 1.29 is 19.7 Å². The Morgan fingerprint density at radius 1 is 1.37 bits per heavy atom. The van der Waals surface area contributed by atoms with Gasteiger partial charge in [-0.05, 0) is 49.5 Å². The highest BCUT2D eigenvalue weighted by Gasteiger charge is 2.39. The van der Waals surface area contributed by atoms with Gasteiger partial charge in [-0.15, -0.1) is 0 Å². The molecule has 0 spiro atoms. The number of rotatable bonds is 14. The maximum Gasteiger partial charge on any atom is 0.305 e. The summed E-state index contributed by atoms with van der Waals surface area (Å²) in [6.07, 6.45) is 13.8. The first-order valence-electron chi connectivity index (χ1n) is 11.2. The standard InChI is InChI=1S/C23H39N3O4/c1-4-5-10-17(2)15-18(27)13-14-20-19(21(25-26-24)16-22(20)28)11-8-6-7-9-12-23(29)30-3/h6,8,13-14,17-22,27-28H,4-5,7,9-12,15-16H2,1-3H3/t17-,18-,19+,20+,21-,22+/m0/s1. The van der Waals surface area contributed by atoms with Gasteiger partial charge in [0.15, 0.2) is 0 Å². The Kier molecular flexibility index (Phi) is 13.2. The summed E-state index contributed by atoms with van der Waals surface area (Å²) in [7, 11) is 1.38. The minimum absolute atomic E-state index is 0.00581. The van der Waals surface area contributed by atoms with Gasteiger partial charge in [0.1, 0.15) is 0 Å². The highest BCUT2D eigenvalue weighted by molar-refractivity contribution is 5.69.